The van der Waals surface area contributed by atoms with Gasteiger partial charge in [0.15, 0.2) is 17.1 Å². The number of fused-ring (bicyclic) bond motifs is 1. The van der Waals surface area contributed by atoms with E-state index in [1.165, 1.54) is 0 Å². The molecule has 0 saturated carbocycles. The van der Waals surface area contributed by atoms with Crippen LogP contribution in [-0.2, 0) is 0 Å². The number of aromatic nitrogens is 5. The Morgan fingerprint density at radius 3 is 2.37 bits per heavy atom. The maximum Gasteiger partial charge on any atom is 0.427 e. The smallest absolute Gasteiger partial charge is 0.427 e. The molecule has 3 aromatic rings. The van der Waals surface area contributed by atoms with Crippen molar-refractivity contribution in [1.29, 1.82) is 0 Å². The summed E-state index contributed by atoms with van der Waals surface area (Å²) < 4.78 is 84.2. The van der Waals surface area contributed by atoms with Crippen LogP contribution >= 0.6 is 0 Å². The summed E-state index contributed by atoms with van der Waals surface area (Å²) in [6.45, 7) is 1.46. The standard InChI is InChI=1S/C15H11F6N5O/c1-14(2,15(19,20)21)27-13-8(16)3-7(4-23-13)9-6-26-10(5-22-9)24-25-12(26)11(17)18/h3-6,11H,1-2H3. The Labute approximate surface area is 147 Å². The van der Waals surface area contributed by atoms with Crippen LogP contribution in [0.4, 0.5) is 26.3 Å². The molecule has 3 heterocycles. The van der Waals surface area contributed by atoms with Crippen molar-refractivity contribution in [3.8, 4) is 17.1 Å². The first kappa shape index (κ1) is 18.9. The van der Waals surface area contributed by atoms with E-state index in [-0.39, 0.29) is 16.9 Å². The van der Waals surface area contributed by atoms with Gasteiger partial charge in [-0.25, -0.2) is 18.2 Å². The molecular weight excluding hydrogens is 380 g/mol. The van der Waals surface area contributed by atoms with Crippen LogP contribution in [0, 0.1) is 5.82 Å². The third kappa shape index (κ3) is 3.51. The average Bonchev–Trinajstić information content (AvgIpc) is 2.98. The lowest BCUT2D eigenvalue weighted by Gasteiger charge is -2.28. The second-order valence-corrected chi connectivity index (χ2v) is 5.98. The lowest BCUT2D eigenvalue weighted by atomic mass is 10.1. The van der Waals surface area contributed by atoms with Gasteiger partial charge in [0.05, 0.1) is 11.9 Å². The van der Waals surface area contributed by atoms with E-state index in [1.807, 2.05) is 0 Å². The molecule has 0 unspecified atom stereocenters. The van der Waals surface area contributed by atoms with E-state index >= 15 is 0 Å². The van der Waals surface area contributed by atoms with Crippen molar-refractivity contribution in [3.63, 3.8) is 0 Å². The summed E-state index contributed by atoms with van der Waals surface area (Å²) in [6, 6.07) is 0.843. The number of halogens is 6. The van der Waals surface area contributed by atoms with E-state index in [2.05, 4.69) is 24.9 Å². The summed E-state index contributed by atoms with van der Waals surface area (Å²) in [5, 5.41) is 6.86. The zero-order valence-electron chi connectivity index (χ0n) is 13.8. The molecule has 0 saturated heterocycles. The van der Waals surface area contributed by atoms with Gasteiger partial charge in [0.2, 0.25) is 5.82 Å². The minimum Gasteiger partial charge on any atom is -0.460 e. The van der Waals surface area contributed by atoms with Crippen molar-refractivity contribution < 1.29 is 31.1 Å². The Morgan fingerprint density at radius 2 is 1.78 bits per heavy atom. The number of pyridine rings is 1. The van der Waals surface area contributed by atoms with Gasteiger partial charge in [-0.2, -0.15) is 13.2 Å². The summed E-state index contributed by atoms with van der Waals surface area (Å²) >= 11 is 0. The fourth-order valence-corrected chi connectivity index (χ4v) is 2.06. The lowest BCUT2D eigenvalue weighted by Crippen LogP contribution is -2.45. The molecule has 0 aliphatic carbocycles. The Bertz CT molecular complexity index is 984. The SMILES string of the molecule is CC(C)(Oc1ncc(-c2cn3c(C(F)F)nnc3cn2)cc1F)C(F)(F)F. The van der Waals surface area contributed by atoms with Gasteiger partial charge < -0.3 is 4.74 Å². The van der Waals surface area contributed by atoms with Crippen LogP contribution in [-0.4, -0.2) is 36.3 Å². The molecule has 0 spiro atoms. The molecule has 0 aliphatic rings. The first-order chi connectivity index (χ1) is 12.5. The fourth-order valence-electron chi connectivity index (χ4n) is 2.06. The van der Waals surface area contributed by atoms with Crippen LogP contribution in [0.2, 0.25) is 0 Å². The highest BCUT2D eigenvalue weighted by Gasteiger charge is 2.50. The van der Waals surface area contributed by atoms with E-state index in [9.17, 15) is 26.3 Å². The largest absolute Gasteiger partial charge is 0.460 e. The second-order valence-electron chi connectivity index (χ2n) is 5.98. The number of rotatable bonds is 4. The van der Waals surface area contributed by atoms with Gasteiger partial charge in [0.1, 0.15) is 0 Å². The Hall–Kier alpha value is -2.92. The van der Waals surface area contributed by atoms with Gasteiger partial charge in [-0.1, -0.05) is 0 Å². The number of ether oxygens (including phenoxy) is 1. The predicted molar refractivity (Wildman–Crippen MR) is 79.7 cm³/mol. The summed E-state index contributed by atoms with van der Waals surface area (Å²) in [5.41, 5.74) is -2.53. The second kappa shape index (κ2) is 6.35. The van der Waals surface area contributed by atoms with Gasteiger partial charge in [0.25, 0.3) is 12.3 Å². The molecule has 0 bridgehead atoms. The highest BCUT2D eigenvalue weighted by Crippen LogP contribution is 2.34. The topological polar surface area (TPSA) is 65.2 Å². The van der Waals surface area contributed by atoms with Crippen molar-refractivity contribution in [3.05, 3.63) is 36.3 Å². The van der Waals surface area contributed by atoms with Crippen LogP contribution in [0.1, 0.15) is 26.1 Å². The molecule has 27 heavy (non-hydrogen) atoms. The molecule has 0 aromatic carbocycles. The third-order valence-electron chi connectivity index (χ3n) is 3.65. The normalized spacial score (nSPS) is 12.8. The minimum absolute atomic E-state index is 0.0391. The summed E-state index contributed by atoms with van der Waals surface area (Å²) in [5.74, 6) is -2.64. The quantitative estimate of drug-likeness (QED) is 0.630. The van der Waals surface area contributed by atoms with E-state index in [0.29, 0.717) is 0 Å². The van der Waals surface area contributed by atoms with E-state index < -0.39 is 35.7 Å². The molecule has 0 aliphatic heterocycles. The van der Waals surface area contributed by atoms with Crippen LogP contribution in [0.25, 0.3) is 16.9 Å². The molecule has 0 radical (unpaired) electrons. The number of hydrogen-bond donors (Lipinski definition) is 0. The molecule has 0 atom stereocenters. The molecule has 144 valence electrons. The Morgan fingerprint density at radius 1 is 1.07 bits per heavy atom. The van der Waals surface area contributed by atoms with E-state index in [0.717, 1.165) is 42.9 Å². The van der Waals surface area contributed by atoms with Crippen LogP contribution in [0.5, 0.6) is 5.88 Å². The number of nitrogens with zero attached hydrogens (tertiary/aromatic N) is 5. The fraction of sp³-hybridized carbons (Fsp3) is 0.333. The highest BCUT2D eigenvalue weighted by atomic mass is 19.4. The minimum atomic E-state index is -4.74. The first-order valence-electron chi connectivity index (χ1n) is 7.40. The maximum atomic E-state index is 14.2. The molecule has 0 N–H and O–H groups in total. The Balaban J connectivity index is 1.96. The average molecular weight is 391 g/mol. The molecule has 0 amide bonds. The van der Waals surface area contributed by atoms with Crippen LogP contribution < -0.4 is 4.74 Å². The third-order valence-corrected chi connectivity index (χ3v) is 3.65. The van der Waals surface area contributed by atoms with Gasteiger partial charge >= 0.3 is 6.18 Å². The van der Waals surface area contributed by atoms with Crippen molar-refractivity contribution in [2.45, 2.75) is 32.1 Å². The summed E-state index contributed by atoms with van der Waals surface area (Å²) in [6.07, 6.45) is -4.33. The molecule has 3 aromatic heterocycles. The van der Waals surface area contributed by atoms with Crippen molar-refractivity contribution >= 4 is 5.65 Å². The predicted octanol–water partition coefficient (Wildman–Crippen LogP) is 3.98. The van der Waals surface area contributed by atoms with Crippen molar-refractivity contribution in [2.75, 3.05) is 0 Å². The number of alkyl halides is 5. The summed E-state index contributed by atoms with van der Waals surface area (Å²) in [7, 11) is 0. The Kier molecular flexibility index (Phi) is 4.44. The maximum absolute atomic E-state index is 14.2. The highest BCUT2D eigenvalue weighted by molar-refractivity contribution is 5.59. The zero-order chi connectivity index (χ0) is 20.0. The van der Waals surface area contributed by atoms with Gasteiger partial charge in [-0.15, -0.1) is 10.2 Å². The first-order valence-corrected chi connectivity index (χ1v) is 7.40. The van der Waals surface area contributed by atoms with Gasteiger partial charge in [0, 0.05) is 18.0 Å². The number of hydrogen-bond acceptors (Lipinski definition) is 5. The monoisotopic (exact) mass is 391 g/mol. The molecular formula is C15H11F6N5O. The zero-order valence-corrected chi connectivity index (χ0v) is 13.8. The van der Waals surface area contributed by atoms with Crippen LogP contribution in [0.15, 0.2) is 24.7 Å². The van der Waals surface area contributed by atoms with Crippen molar-refractivity contribution in [2.24, 2.45) is 0 Å². The molecule has 6 nitrogen and oxygen atoms in total. The van der Waals surface area contributed by atoms with Crippen LogP contribution in [0.3, 0.4) is 0 Å². The summed E-state index contributed by atoms with van der Waals surface area (Å²) in [4.78, 5) is 7.49. The molecule has 3 rings (SSSR count). The molecule has 0 fully saturated rings. The van der Waals surface area contributed by atoms with Crippen molar-refractivity contribution in [1.82, 2.24) is 24.6 Å². The van der Waals surface area contributed by atoms with Gasteiger partial charge in [-0.3, -0.25) is 9.38 Å². The van der Waals surface area contributed by atoms with E-state index in [4.69, 9.17) is 0 Å². The van der Waals surface area contributed by atoms with E-state index in [1.54, 1.807) is 0 Å². The van der Waals surface area contributed by atoms with Gasteiger partial charge in [-0.05, 0) is 19.9 Å². The molecule has 12 heteroatoms. The lowest BCUT2D eigenvalue weighted by molar-refractivity contribution is -0.235.